The van der Waals surface area contributed by atoms with Gasteiger partial charge in [0, 0.05) is 29.4 Å². The first-order chi connectivity index (χ1) is 10.6. The second-order valence-corrected chi connectivity index (χ2v) is 8.91. The first kappa shape index (κ1) is 15.8. The summed E-state index contributed by atoms with van der Waals surface area (Å²) in [5.41, 5.74) is 5.51. The molecule has 0 bridgehead atoms. The van der Waals surface area contributed by atoms with Crippen molar-refractivity contribution < 1.29 is 0 Å². The number of rotatable bonds is 4. The van der Waals surface area contributed by atoms with E-state index >= 15 is 0 Å². The Hall–Kier alpha value is -1.12. The molecule has 0 fully saturated rings. The lowest BCUT2D eigenvalue weighted by atomic mass is 10.0. The van der Waals surface area contributed by atoms with Gasteiger partial charge in [0.1, 0.15) is 5.75 Å². The Morgan fingerprint density at radius 2 is 1.73 bits per heavy atom. The van der Waals surface area contributed by atoms with Gasteiger partial charge in [0.25, 0.3) is 0 Å². The zero-order valence-corrected chi connectivity index (χ0v) is 14.9. The zero-order valence-electron chi connectivity index (χ0n) is 13.3. The van der Waals surface area contributed by atoms with Gasteiger partial charge in [-0.3, -0.25) is 0 Å². The Labute approximate surface area is 141 Å². The van der Waals surface area contributed by atoms with Crippen molar-refractivity contribution in [1.29, 1.82) is 0 Å². The largest absolute Gasteiger partial charge is 0.341 e. The third-order valence-electron chi connectivity index (χ3n) is 4.22. The van der Waals surface area contributed by atoms with Crippen LogP contribution in [0.5, 0.6) is 0 Å². The highest BCUT2D eigenvalue weighted by Crippen LogP contribution is 2.37. The predicted octanol–water partition coefficient (Wildman–Crippen LogP) is 4.84. The predicted molar refractivity (Wildman–Crippen MR) is 101 cm³/mol. The van der Waals surface area contributed by atoms with Gasteiger partial charge < -0.3 is 4.90 Å². The quantitative estimate of drug-likeness (QED) is 0.724. The van der Waals surface area contributed by atoms with Crippen LogP contribution >= 0.6 is 11.6 Å². The van der Waals surface area contributed by atoms with Crippen molar-refractivity contribution in [3.63, 3.8) is 0 Å². The first-order valence-corrected chi connectivity index (χ1v) is 10.4. The monoisotopic (exact) mass is 332 g/mol. The van der Waals surface area contributed by atoms with E-state index in [4.69, 9.17) is 11.6 Å². The molecule has 22 heavy (non-hydrogen) atoms. The van der Waals surface area contributed by atoms with Gasteiger partial charge in [0.2, 0.25) is 0 Å². The summed E-state index contributed by atoms with van der Waals surface area (Å²) in [7, 11) is 0.503. The minimum Gasteiger partial charge on any atom is -0.341 e. The number of hydrogen-bond donors (Lipinski definition) is 0. The molecule has 0 amide bonds. The summed E-state index contributed by atoms with van der Waals surface area (Å²) in [6, 6.07) is 15.2. The Balaban J connectivity index is 1.98. The van der Waals surface area contributed by atoms with Crippen LogP contribution in [-0.4, -0.2) is 24.8 Å². The molecule has 0 aromatic heterocycles. The van der Waals surface area contributed by atoms with Crippen molar-refractivity contribution in [3.05, 3.63) is 58.6 Å². The molecule has 0 spiro atoms. The number of nitrogens with zero attached hydrogens (tertiary/aromatic N) is 1. The van der Waals surface area contributed by atoms with Gasteiger partial charge in [0.05, 0.1) is 12.5 Å². The molecule has 3 rings (SSSR count). The van der Waals surface area contributed by atoms with Crippen LogP contribution in [-0.2, 0) is 23.7 Å². The van der Waals surface area contributed by atoms with E-state index in [1.807, 2.05) is 6.07 Å². The number of fused-ring (bicyclic) bond motifs is 2. The van der Waals surface area contributed by atoms with E-state index in [0.29, 0.717) is 10.9 Å². The minimum absolute atomic E-state index is 0.503. The molecule has 2 aromatic rings. The highest BCUT2D eigenvalue weighted by molar-refractivity contribution is 7.95. The molecule has 0 saturated carbocycles. The van der Waals surface area contributed by atoms with Crippen molar-refractivity contribution in [1.82, 2.24) is 0 Å². The molecule has 0 atom stereocenters. The molecule has 0 unspecified atom stereocenters. The Morgan fingerprint density at radius 1 is 1.00 bits per heavy atom. The van der Waals surface area contributed by atoms with Gasteiger partial charge >= 0.3 is 0 Å². The first-order valence-electron chi connectivity index (χ1n) is 7.83. The van der Waals surface area contributed by atoms with Crippen molar-refractivity contribution in [2.45, 2.75) is 19.3 Å². The molecular formula is C19H23ClNS+. The van der Waals surface area contributed by atoms with Crippen LogP contribution in [0.1, 0.15) is 17.5 Å². The Bertz CT molecular complexity index is 654. The van der Waals surface area contributed by atoms with Crippen molar-refractivity contribution >= 4 is 33.9 Å². The molecule has 0 saturated heterocycles. The molecule has 3 heteroatoms. The van der Waals surface area contributed by atoms with Gasteiger partial charge in [-0.05, 0) is 53.1 Å². The fraction of sp³-hybridized carbons (Fsp3) is 0.368. The molecule has 1 heterocycles. The fourth-order valence-electron chi connectivity index (χ4n) is 3.14. The highest BCUT2D eigenvalue weighted by Gasteiger charge is 2.21. The average molecular weight is 333 g/mol. The van der Waals surface area contributed by atoms with Crippen LogP contribution in [0, 0.1) is 0 Å². The molecule has 0 N–H and O–H groups in total. The molecule has 1 nitrogen and oxygen atoms in total. The summed E-state index contributed by atoms with van der Waals surface area (Å²) in [5.74, 6) is 1.29. The lowest BCUT2D eigenvalue weighted by Gasteiger charge is -2.27. The summed E-state index contributed by atoms with van der Waals surface area (Å²) in [5, 5.41) is 0.828. The number of aryl methyl sites for hydroxylation is 2. The van der Waals surface area contributed by atoms with Crippen molar-refractivity contribution in [3.8, 4) is 0 Å². The topological polar surface area (TPSA) is 3.24 Å². The number of anilines is 2. The van der Waals surface area contributed by atoms with Crippen molar-refractivity contribution in [2.24, 2.45) is 0 Å². The van der Waals surface area contributed by atoms with Crippen molar-refractivity contribution in [2.75, 3.05) is 29.7 Å². The van der Waals surface area contributed by atoms with E-state index < -0.39 is 0 Å². The Kier molecular flexibility index (Phi) is 5.00. The molecule has 116 valence electrons. The Morgan fingerprint density at radius 3 is 2.50 bits per heavy atom. The summed E-state index contributed by atoms with van der Waals surface area (Å²) in [6.45, 7) is 1.07. The van der Waals surface area contributed by atoms with Crippen LogP contribution in [0.25, 0.3) is 0 Å². The fourth-order valence-corrected chi connectivity index (χ4v) is 4.01. The summed E-state index contributed by atoms with van der Waals surface area (Å²) >= 11 is 6.28. The molecule has 2 aromatic carbocycles. The van der Waals surface area contributed by atoms with E-state index in [0.717, 1.165) is 24.4 Å². The lowest BCUT2D eigenvalue weighted by molar-refractivity contribution is 0.890. The molecular weight excluding hydrogens is 310 g/mol. The number of para-hydroxylation sites is 1. The minimum atomic E-state index is 0.503. The maximum absolute atomic E-state index is 6.28. The average Bonchev–Trinajstić information content (AvgIpc) is 2.65. The standard InChI is InChI=1S/C19H23ClNS/c1-22(2)13-5-12-21-18-7-4-3-6-15(18)8-9-16-10-11-17(20)14-19(16)21/h3-4,6-7,10-11,14H,5,8-9,12-13H2,1-2H3/q+1. The SMILES string of the molecule is C[S+](C)CCCN1c2ccccc2CCc2ccc(Cl)cc21. The lowest BCUT2D eigenvalue weighted by Crippen LogP contribution is -2.21. The van der Waals surface area contributed by atoms with Gasteiger partial charge in [-0.15, -0.1) is 0 Å². The second-order valence-electron chi connectivity index (χ2n) is 6.10. The van der Waals surface area contributed by atoms with E-state index in [1.165, 1.54) is 34.7 Å². The van der Waals surface area contributed by atoms with Gasteiger partial charge in [-0.2, -0.15) is 0 Å². The third kappa shape index (κ3) is 3.44. The smallest absolute Gasteiger partial charge is 0.109 e. The zero-order chi connectivity index (χ0) is 15.5. The van der Waals surface area contributed by atoms with Crippen LogP contribution in [0.2, 0.25) is 5.02 Å². The number of halogens is 1. The van der Waals surface area contributed by atoms with Crippen LogP contribution in [0.15, 0.2) is 42.5 Å². The van der Waals surface area contributed by atoms with Crippen LogP contribution in [0.3, 0.4) is 0 Å². The van der Waals surface area contributed by atoms with Gasteiger partial charge in [0.15, 0.2) is 0 Å². The molecule has 0 radical (unpaired) electrons. The van der Waals surface area contributed by atoms with Crippen LogP contribution < -0.4 is 4.90 Å². The summed E-state index contributed by atoms with van der Waals surface area (Å²) in [4.78, 5) is 2.48. The van der Waals surface area contributed by atoms with Gasteiger partial charge in [-0.1, -0.05) is 35.9 Å². The number of benzene rings is 2. The molecule has 0 aliphatic carbocycles. The van der Waals surface area contributed by atoms with Crippen LogP contribution in [0.4, 0.5) is 11.4 Å². The van der Waals surface area contributed by atoms with E-state index in [-0.39, 0.29) is 0 Å². The van der Waals surface area contributed by atoms with E-state index in [1.54, 1.807) is 0 Å². The summed E-state index contributed by atoms with van der Waals surface area (Å²) in [6.07, 6.45) is 8.05. The highest BCUT2D eigenvalue weighted by atomic mass is 35.5. The molecule has 1 aliphatic heterocycles. The van der Waals surface area contributed by atoms with E-state index in [9.17, 15) is 0 Å². The maximum atomic E-state index is 6.28. The normalized spacial score (nSPS) is 13.7. The maximum Gasteiger partial charge on any atom is 0.109 e. The second kappa shape index (κ2) is 6.97. The number of hydrogen-bond acceptors (Lipinski definition) is 1. The third-order valence-corrected chi connectivity index (χ3v) is 5.56. The molecule has 1 aliphatic rings. The summed E-state index contributed by atoms with van der Waals surface area (Å²) < 4.78 is 0. The van der Waals surface area contributed by atoms with E-state index in [2.05, 4.69) is 53.8 Å². The van der Waals surface area contributed by atoms with Gasteiger partial charge in [-0.25, -0.2) is 0 Å².